The molecule has 1 saturated heterocycles. The van der Waals surface area contributed by atoms with Gasteiger partial charge < -0.3 is 20.4 Å². The molecule has 0 aromatic carbocycles. The Balaban J connectivity index is 1.43. The third-order valence-electron chi connectivity index (χ3n) is 7.31. The van der Waals surface area contributed by atoms with Gasteiger partial charge in [0, 0.05) is 31.2 Å². The molecule has 5 fully saturated rings. The molecule has 13 heteroatoms. The Morgan fingerprint density at radius 1 is 1.09 bits per heavy atom. The third kappa shape index (κ3) is 4.18. The van der Waals surface area contributed by atoms with Gasteiger partial charge in [0.1, 0.15) is 0 Å². The molecular weight excluding hydrogens is 465 g/mol. The van der Waals surface area contributed by atoms with E-state index in [-0.39, 0.29) is 55.7 Å². The zero-order valence-corrected chi connectivity index (χ0v) is 18.5. The molecule has 4 bridgehead atoms. The average molecular weight is 491 g/mol. The van der Waals surface area contributed by atoms with Crippen LogP contribution in [-0.2, 0) is 16.0 Å². The third-order valence-corrected chi connectivity index (χ3v) is 8.92. The fourth-order valence-corrected chi connectivity index (χ4v) is 7.81. The Bertz CT molecular complexity index is 1080. The number of hydrogen-bond acceptors (Lipinski definition) is 8. The maximum atomic E-state index is 13.8. The molecule has 5 aliphatic rings. The largest absolute Gasteiger partial charge is 0.434 e. The summed E-state index contributed by atoms with van der Waals surface area (Å²) in [6.45, 7) is -0.389. The number of nitrogens with zero attached hydrogens (tertiary/aromatic N) is 3. The van der Waals surface area contributed by atoms with Crippen LogP contribution in [-0.4, -0.2) is 80.7 Å². The molecule has 9 nitrogen and oxygen atoms in total. The predicted molar refractivity (Wildman–Crippen MR) is 109 cm³/mol. The quantitative estimate of drug-likeness (QED) is 0.571. The monoisotopic (exact) mass is 490 g/mol. The van der Waals surface area contributed by atoms with Crippen LogP contribution in [0.5, 0.6) is 0 Å². The number of sulfone groups is 1. The molecule has 182 valence electrons. The molecule has 3 N–H and O–H groups in total. The second-order valence-corrected chi connectivity index (χ2v) is 12.6. The van der Waals surface area contributed by atoms with E-state index in [0.717, 1.165) is 11.1 Å². The summed E-state index contributed by atoms with van der Waals surface area (Å²) < 4.78 is 64.7. The smallest absolute Gasteiger partial charge is 0.390 e. The van der Waals surface area contributed by atoms with Crippen LogP contribution in [0.15, 0.2) is 6.20 Å². The number of halogens is 3. The summed E-state index contributed by atoms with van der Waals surface area (Å²) in [4.78, 5) is 21.4. The maximum absolute atomic E-state index is 13.8. The lowest BCUT2D eigenvalue weighted by Gasteiger charge is -2.63. The number of anilines is 1. The number of nitrogens with one attached hydrogen (secondary N) is 1. The number of carbonyl (C=O) groups is 1. The summed E-state index contributed by atoms with van der Waals surface area (Å²) in [5, 5.41) is 24.7. The van der Waals surface area contributed by atoms with E-state index < -0.39 is 49.9 Å². The van der Waals surface area contributed by atoms with Crippen molar-refractivity contribution >= 4 is 21.7 Å². The molecule has 6 rings (SSSR count). The molecule has 1 amide bonds. The Kier molecular flexibility index (Phi) is 4.84. The highest BCUT2D eigenvalue weighted by molar-refractivity contribution is 7.91. The van der Waals surface area contributed by atoms with Crippen molar-refractivity contribution in [1.29, 1.82) is 0 Å². The number of carbonyl (C=O) groups excluding carboxylic acids is 1. The molecule has 33 heavy (non-hydrogen) atoms. The molecule has 4 saturated carbocycles. The summed E-state index contributed by atoms with van der Waals surface area (Å²) in [6.07, 6.45) is -1.67. The zero-order valence-electron chi connectivity index (χ0n) is 17.7. The first-order valence-corrected chi connectivity index (χ1v) is 12.7. The Hall–Kier alpha value is -1.99. The first kappa shape index (κ1) is 22.8. The van der Waals surface area contributed by atoms with Crippen molar-refractivity contribution in [2.75, 3.05) is 29.9 Å². The van der Waals surface area contributed by atoms with E-state index in [1.807, 2.05) is 0 Å². The van der Waals surface area contributed by atoms with E-state index in [9.17, 15) is 36.6 Å². The molecule has 0 radical (unpaired) electrons. The van der Waals surface area contributed by atoms with Gasteiger partial charge in [-0.15, -0.1) is 0 Å². The highest BCUT2D eigenvalue weighted by Gasteiger charge is 2.63. The van der Waals surface area contributed by atoms with Gasteiger partial charge in [0.15, 0.2) is 15.5 Å². The number of alkyl halides is 3. The lowest BCUT2D eigenvalue weighted by Crippen LogP contribution is -2.68. The van der Waals surface area contributed by atoms with Crippen molar-refractivity contribution in [2.45, 2.75) is 61.4 Å². The van der Waals surface area contributed by atoms with E-state index in [2.05, 4.69) is 15.3 Å². The summed E-state index contributed by atoms with van der Waals surface area (Å²) in [7, 11) is -3.31. The topological polar surface area (TPSA) is 133 Å². The highest BCUT2D eigenvalue weighted by Crippen LogP contribution is 2.59. The summed E-state index contributed by atoms with van der Waals surface area (Å²) in [5.74, 6) is -1.87. The maximum Gasteiger partial charge on any atom is 0.434 e. The van der Waals surface area contributed by atoms with Gasteiger partial charge in [0.05, 0.1) is 28.3 Å². The van der Waals surface area contributed by atoms with E-state index in [1.54, 1.807) is 0 Å². The fraction of sp³-hybridized carbons (Fsp3) is 0.750. The van der Waals surface area contributed by atoms with Gasteiger partial charge in [-0.2, -0.15) is 13.2 Å². The highest BCUT2D eigenvalue weighted by atomic mass is 32.2. The van der Waals surface area contributed by atoms with E-state index in [1.165, 1.54) is 0 Å². The first-order chi connectivity index (χ1) is 15.2. The number of aromatic nitrogens is 2. The molecular formula is C20H25F3N4O5S. The minimum absolute atomic E-state index is 0.0436. The zero-order chi connectivity index (χ0) is 23.9. The first-order valence-electron chi connectivity index (χ1n) is 10.9. The molecule has 0 spiro atoms. The van der Waals surface area contributed by atoms with Crippen LogP contribution in [0.2, 0.25) is 0 Å². The lowest BCUT2D eigenvalue weighted by molar-refractivity contribution is -0.201. The molecule has 2 heterocycles. The van der Waals surface area contributed by atoms with Gasteiger partial charge in [0.2, 0.25) is 5.95 Å². The van der Waals surface area contributed by atoms with Crippen LogP contribution >= 0.6 is 0 Å². The van der Waals surface area contributed by atoms with Gasteiger partial charge in [-0.3, -0.25) is 4.79 Å². The minimum Gasteiger partial charge on any atom is -0.390 e. The molecule has 1 aliphatic heterocycles. The van der Waals surface area contributed by atoms with Crippen molar-refractivity contribution in [3.05, 3.63) is 17.5 Å². The predicted octanol–water partition coefficient (Wildman–Crippen LogP) is 0.976. The van der Waals surface area contributed by atoms with Gasteiger partial charge in [-0.05, 0) is 38.0 Å². The molecule has 1 aromatic rings. The van der Waals surface area contributed by atoms with Gasteiger partial charge in [0.25, 0.3) is 5.91 Å². The molecule has 2 unspecified atom stereocenters. The second kappa shape index (κ2) is 7.01. The fourth-order valence-electron chi connectivity index (χ4n) is 6.61. The number of hydrogen-bond donors (Lipinski definition) is 3. The van der Waals surface area contributed by atoms with Crippen molar-refractivity contribution in [3.63, 3.8) is 0 Å². The second-order valence-electron chi connectivity index (χ2n) is 10.3. The SMILES string of the molecule is O=C(c1cnc(NC23CC4CC(O)(CC(O)(C4)C2)C3)nc1C(F)(F)F)N1CCS(=O)(=O)CC1. The molecule has 4 aliphatic carbocycles. The summed E-state index contributed by atoms with van der Waals surface area (Å²) in [6, 6.07) is 0. The summed E-state index contributed by atoms with van der Waals surface area (Å²) in [5.41, 5.74) is -5.15. The van der Waals surface area contributed by atoms with Crippen molar-refractivity contribution < 1.29 is 36.6 Å². The van der Waals surface area contributed by atoms with Crippen LogP contribution in [0.25, 0.3) is 0 Å². The van der Waals surface area contributed by atoms with E-state index in [0.29, 0.717) is 19.3 Å². The summed E-state index contributed by atoms with van der Waals surface area (Å²) >= 11 is 0. The lowest BCUT2D eigenvalue weighted by atomic mass is 9.49. The molecule has 1 aromatic heterocycles. The number of aliphatic hydroxyl groups is 2. The Morgan fingerprint density at radius 2 is 1.70 bits per heavy atom. The molecule has 2 atom stereocenters. The van der Waals surface area contributed by atoms with Gasteiger partial charge >= 0.3 is 6.18 Å². The van der Waals surface area contributed by atoms with Crippen molar-refractivity contribution in [2.24, 2.45) is 5.92 Å². The van der Waals surface area contributed by atoms with E-state index in [4.69, 9.17) is 0 Å². The standard InChI is InChI=1S/C20H25F3N4O5S/c21-20(22,23)14-13(15(28)27-1-3-33(31,32)4-2-27)8-24-16(25-14)26-17-5-12-6-18(29,9-17)11-19(30,7-12)10-17/h8,12,29-30H,1-7,9-11H2,(H,24,25,26). The van der Waals surface area contributed by atoms with Gasteiger partial charge in [-0.1, -0.05) is 0 Å². The van der Waals surface area contributed by atoms with E-state index >= 15 is 0 Å². The average Bonchev–Trinajstić information content (AvgIpc) is 2.63. The van der Waals surface area contributed by atoms with Crippen LogP contribution in [0.3, 0.4) is 0 Å². The van der Waals surface area contributed by atoms with Crippen LogP contribution in [0.1, 0.15) is 54.6 Å². The minimum atomic E-state index is -4.94. The Morgan fingerprint density at radius 3 is 2.24 bits per heavy atom. The van der Waals surface area contributed by atoms with Crippen LogP contribution in [0, 0.1) is 5.92 Å². The van der Waals surface area contributed by atoms with Crippen molar-refractivity contribution in [1.82, 2.24) is 14.9 Å². The number of rotatable bonds is 3. The van der Waals surface area contributed by atoms with Gasteiger partial charge in [-0.25, -0.2) is 18.4 Å². The Labute approximate surface area is 188 Å². The van der Waals surface area contributed by atoms with Crippen LogP contribution in [0.4, 0.5) is 19.1 Å². The van der Waals surface area contributed by atoms with Crippen LogP contribution < -0.4 is 5.32 Å². The normalized spacial score (nSPS) is 37.2. The van der Waals surface area contributed by atoms with Crippen molar-refractivity contribution in [3.8, 4) is 0 Å². The number of amides is 1.